The van der Waals surface area contributed by atoms with Crippen molar-refractivity contribution in [2.24, 2.45) is 5.41 Å². The van der Waals surface area contributed by atoms with E-state index in [4.69, 9.17) is 8.92 Å². The lowest BCUT2D eigenvalue weighted by Crippen LogP contribution is -2.37. The molecule has 0 spiro atoms. The molecule has 0 unspecified atom stereocenters. The first kappa shape index (κ1) is 26.7. The van der Waals surface area contributed by atoms with Gasteiger partial charge in [-0.1, -0.05) is 18.1 Å². The fourth-order valence-corrected chi connectivity index (χ4v) is 5.31. The summed E-state index contributed by atoms with van der Waals surface area (Å²) in [6.07, 6.45) is 5.95. The van der Waals surface area contributed by atoms with Crippen molar-refractivity contribution in [1.29, 1.82) is 0 Å². The number of aryl methyl sites for hydroxylation is 1. The van der Waals surface area contributed by atoms with E-state index in [0.29, 0.717) is 25.1 Å². The number of ether oxygens (including phenoxy) is 1. The molecule has 0 N–H and O–H groups in total. The summed E-state index contributed by atoms with van der Waals surface area (Å²) in [5.74, 6) is -0.459. The van der Waals surface area contributed by atoms with E-state index in [9.17, 15) is 13.2 Å². The van der Waals surface area contributed by atoms with E-state index < -0.39 is 21.7 Å². The molecule has 1 aliphatic heterocycles. The number of benzene rings is 1. The highest BCUT2D eigenvalue weighted by Gasteiger charge is 2.33. The highest BCUT2D eigenvalue weighted by atomic mass is 32.2. The standard InChI is InChI=1S/C25H39N3O5S/c1-20-9-10-23-22(17-20)21(11-14-26(4)5)18-28(23)34(30,31)33-19-25(2,3)24(29)32-16-15-27-12-7-6-8-13-27/h9-10,17-18H,6-8,11-16,19H2,1-5H3. The van der Waals surface area contributed by atoms with E-state index in [1.807, 2.05) is 33.2 Å². The van der Waals surface area contributed by atoms with Gasteiger partial charge in [0, 0.05) is 24.7 Å². The van der Waals surface area contributed by atoms with Crippen molar-refractivity contribution in [3.8, 4) is 0 Å². The Bertz CT molecular complexity index is 1090. The van der Waals surface area contributed by atoms with Crippen LogP contribution in [-0.2, 0) is 30.4 Å². The van der Waals surface area contributed by atoms with Crippen molar-refractivity contribution in [3.63, 3.8) is 0 Å². The number of carbonyl (C=O) groups excluding carboxylic acids is 1. The molecule has 0 saturated carbocycles. The molecule has 3 rings (SSSR count). The smallest absolute Gasteiger partial charge is 0.366 e. The van der Waals surface area contributed by atoms with Gasteiger partial charge in [0.1, 0.15) is 6.61 Å². The molecule has 1 aromatic heterocycles. The zero-order chi connectivity index (χ0) is 24.9. The first-order valence-electron chi connectivity index (χ1n) is 12.0. The molecule has 0 aliphatic carbocycles. The predicted molar refractivity (Wildman–Crippen MR) is 134 cm³/mol. The van der Waals surface area contributed by atoms with Crippen LogP contribution in [0.1, 0.15) is 44.2 Å². The van der Waals surface area contributed by atoms with Gasteiger partial charge in [-0.3, -0.25) is 13.9 Å². The zero-order valence-corrected chi connectivity index (χ0v) is 22.0. The Morgan fingerprint density at radius 1 is 1.15 bits per heavy atom. The maximum absolute atomic E-state index is 13.1. The summed E-state index contributed by atoms with van der Waals surface area (Å²) >= 11 is 0. The Hall–Kier alpha value is -1.94. The SMILES string of the molecule is Cc1ccc2c(c1)c(CCN(C)C)cn2S(=O)(=O)OCC(C)(C)C(=O)OCCN1CCCCC1. The third-order valence-electron chi connectivity index (χ3n) is 6.29. The lowest BCUT2D eigenvalue weighted by molar-refractivity contribution is -0.156. The molecule has 0 bridgehead atoms. The Morgan fingerprint density at radius 3 is 2.53 bits per heavy atom. The van der Waals surface area contributed by atoms with Gasteiger partial charge < -0.3 is 9.64 Å². The third-order valence-corrected chi connectivity index (χ3v) is 7.49. The van der Waals surface area contributed by atoms with E-state index in [1.165, 1.54) is 23.2 Å². The largest absolute Gasteiger partial charge is 0.464 e. The fourth-order valence-electron chi connectivity index (χ4n) is 4.09. The lowest BCUT2D eigenvalue weighted by atomic mass is 9.95. The third kappa shape index (κ3) is 6.81. The number of piperidine rings is 1. The average molecular weight is 494 g/mol. The fraction of sp³-hybridized carbons (Fsp3) is 0.640. The van der Waals surface area contributed by atoms with Crippen LogP contribution in [-0.4, -0.2) is 81.6 Å². The Labute approximate surface area is 204 Å². The number of esters is 1. The van der Waals surface area contributed by atoms with Crippen LogP contribution in [0, 0.1) is 12.3 Å². The van der Waals surface area contributed by atoms with Crippen molar-refractivity contribution >= 4 is 27.2 Å². The van der Waals surface area contributed by atoms with Crippen LogP contribution in [0.3, 0.4) is 0 Å². The van der Waals surface area contributed by atoms with E-state index >= 15 is 0 Å². The quantitative estimate of drug-likeness (QED) is 0.445. The van der Waals surface area contributed by atoms with Gasteiger partial charge >= 0.3 is 16.3 Å². The van der Waals surface area contributed by atoms with Crippen LogP contribution in [0.4, 0.5) is 0 Å². The topological polar surface area (TPSA) is 81.1 Å². The van der Waals surface area contributed by atoms with Crippen LogP contribution in [0.25, 0.3) is 10.9 Å². The maximum Gasteiger partial charge on any atom is 0.366 e. The van der Waals surface area contributed by atoms with Gasteiger partial charge in [-0.05, 0) is 84.9 Å². The number of likely N-dealkylation sites (tertiary alicyclic amines) is 1. The van der Waals surface area contributed by atoms with Gasteiger partial charge in [-0.2, -0.15) is 8.42 Å². The van der Waals surface area contributed by atoms with E-state index in [0.717, 1.165) is 36.1 Å². The molecular formula is C25H39N3O5S. The van der Waals surface area contributed by atoms with Crippen molar-refractivity contribution in [2.45, 2.75) is 46.5 Å². The van der Waals surface area contributed by atoms with Crippen molar-refractivity contribution in [3.05, 3.63) is 35.5 Å². The normalized spacial score (nSPS) is 15.8. The Balaban J connectivity index is 1.67. The summed E-state index contributed by atoms with van der Waals surface area (Å²) in [4.78, 5) is 17.0. The van der Waals surface area contributed by atoms with E-state index in [-0.39, 0.29) is 6.61 Å². The molecule has 0 atom stereocenters. The van der Waals surface area contributed by atoms with Crippen LogP contribution in [0.2, 0.25) is 0 Å². The molecule has 2 aromatic rings. The van der Waals surface area contributed by atoms with Gasteiger partial charge in [-0.25, -0.2) is 3.97 Å². The molecule has 1 aromatic carbocycles. The van der Waals surface area contributed by atoms with Gasteiger partial charge in [0.15, 0.2) is 0 Å². The first-order chi connectivity index (χ1) is 16.0. The van der Waals surface area contributed by atoms with Gasteiger partial charge in [-0.15, -0.1) is 0 Å². The number of hydrogen-bond donors (Lipinski definition) is 0. The molecule has 1 saturated heterocycles. The van der Waals surface area contributed by atoms with Crippen LogP contribution < -0.4 is 0 Å². The summed E-state index contributed by atoms with van der Waals surface area (Å²) in [6.45, 7) is 8.83. The van der Waals surface area contributed by atoms with Crippen molar-refractivity contribution in [1.82, 2.24) is 13.8 Å². The van der Waals surface area contributed by atoms with E-state index in [1.54, 1.807) is 26.1 Å². The molecule has 0 radical (unpaired) electrons. The minimum atomic E-state index is -4.13. The predicted octanol–water partition coefficient (Wildman–Crippen LogP) is 3.22. The molecule has 8 nitrogen and oxygen atoms in total. The number of nitrogens with zero attached hydrogens (tertiary/aromatic N) is 3. The van der Waals surface area contributed by atoms with Gasteiger partial charge in [0.2, 0.25) is 0 Å². The lowest BCUT2D eigenvalue weighted by Gasteiger charge is -2.27. The number of fused-ring (bicyclic) bond motifs is 1. The second-order valence-corrected chi connectivity index (χ2v) is 11.7. The van der Waals surface area contributed by atoms with Gasteiger partial charge in [0.05, 0.1) is 17.5 Å². The number of rotatable bonds is 11. The average Bonchev–Trinajstić information content (AvgIpc) is 3.15. The first-order valence-corrected chi connectivity index (χ1v) is 13.4. The molecule has 1 aliphatic rings. The number of carbonyl (C=O) groups is 1. The molecule has 190 valence electrons. The van der Waals surface area contributed by atoms with Crippen LogP contribution in [0.15, 0.2) is 24.4 Å². The van der Waals surface area contributed by atoms with Crippen molar-refractivity contribution < 1.29 is 22.1 Å². The molecule has 2 heterocycles. The van der Waals surface area contributed by atoms with Crippen LogP contribution in [0.5, 0.6) is 0 Å². The summed E-state index contributed by atoms with van der Waals surface area (Å²) < 4.78 is 38.3. The van der Waals surface area contributed by atoms with Gasteiger partial charge in [0.25, 0.3) is 0 Å². The Morgan fingerprint density at radius 2 is 1.85 bits per heavy atom. The number of aromatic nitrogens is 1. The summed E-state index contributed by atoms with van der Waals surface area (Å²) in [7, 11) is -0.167. The highest BCUT2D eigenvalue weighted by molar-refractivity contribution is 7.85. The van der Waals surface area contributed by atoms with Crippen molar-refractivity contribution in [2.75, 3.05) is 53.5 Å². The van der Waals surface area contributed by atoms with Crippen LogP contribution >= 0.6 is 0 Å². The molecule has 1 fully saturated rings. The summed E-state index contributed by atoms with van der Waals surface area (Å²) in [5.41, 5.74) is 1.47. The second-order valence-electron chi connectivity index (χ2n) is 10.2. The number of likely N-dealkylation sites (N-methyl/N-ethyl adjacent to an activating group) is 1. The summed E-state index contributed by atoms with van der Waals surface area (Å²) in [6, 6.07) is 5.68. The molecule has 0 amide bonds. The number of hydrogen-bond acceptors (Lipinski definition) is 7. The Kier molecular flexibility index (Phi) is 8.78. The minimum absolute atomic E-state index is 0.295. The second kappa shape index (κ2) is 11.2. The highest BCUT2D eigenvalue weighted by Crippen LogP contribution is 2.27. The zero-order valence-electron chi connectivity index (χ0n) is 21.2. The monoisotopic (exact) mass is 493 g/mol. The maximum atomic E-state index is 13.1. The molecular weight excluding hydrogens is 454 g/mol. The summed E-state index contributed by atoms with van der Waals surface area (Å²) in [5, 5.41) is 0.894. The molecule has 34 heavy (non-hydrogen) atoms. The molecule has 9 heteroatoms. The minimum Gasteiger partial charge on any atom is -0.464 e. The van der Waals surface area contributed by atoms with E-state index in [2.05, 4.69) is 9.80 Å².